The predicted molar refractivity (Wildman–Crippen MR) is 97.9 cm³/mol. The molecular formula is C17H16BrN3O3. The number of aliphatic imine (C=N–C) groups is 1. The molecule has 2 heterocycles. The van der Waals surface area contributed by atoms with Crippen molar-refractivity contribution in [1.82, 2.24) is 0 Å². The second kappa shape index (κ2) is 6.16. The van der Waals surface area contributed by atoms with Gasteiger partial charge in [-0.15, -0.1) is 17.0 Å². The third-order valence-corrected chi connectivity index (χ3v) is 4.12. The first-order valence-corrected chi connectivity index (χ1v) is 7.39. The topological polar surface area (TPSA) is 76.4 Å². The highest BCUT2D eigenvalue weighted by molar-refractivity contribution is 8.93. The molecule has 2 N–H and O–H groups in total. The number of fused-ring (bicyclic) bond motifs is 3. The first kappa shape index (κ1) is 16.3. The van der Waals surface area contributed by atoms with Crippen molar-refractivity contribution in [2.75, 3.05) is 29.4 Å². The van der Waals surface area contributed by atoms with Crippen molar-refractivity contribution < 1.29 is 15.0 Å². The Morgan fingerprint density at radius 2 is 1.83 bits per heavy atom. The Balaban J connectivity index is 0.00000169. The highest BCUT2D eigenvalue weighted by Crippen LogP contribution is 2.38. The lowest BCUT2D eigenvalue weighted by Gasteiger charge is -2.18. The van der Waals surface area contributed by atoms with Crippen molar-refractivity contribution in [3.63, 3.8) is 0 Å². The van der Waals surface area contributed by atoms with Gasteiger partial charge >= 0.3 is 0 Å². The van der Waals surface area contributed by atoms with Crippen molar-refractivity contribution in [3.05, 3.63) is 48.0 Å². The van der Waals surface area contributed by atoms with E-state index in [1.54, 1.807) is 0 Å². The van der Waals surface area contributed by atoms with Crippen LogP contribution in [0.25, 0.3) is 0 Å². The smallest absolute Gasteiger partial charge is 0.206 e. The van der Waals surface area contributed by atoms with E-state index >= 15 is 0 Å². The molecule has 24 heavy (non-hydrogen) atoms. The van der Waals surface area contributed by atoms with Gasteiger partial charge in [-0.3, -0.25) is 9.79 Å². The van der Waals surface area contributed by atoms with Crippen LogP contribution in [0.1, 0.15) is 10.4 Å². The molecule has 0 radical (unpaired) electrons. The second-order valence-electron chi connectivity index (χ2n) is 5.53. The van der Waals surface area contributed by atoms with Crippen LogP contribution in [-0.4, -0.2) is 41.6 Å². The average Bonchev–Trinajstić information content (AvgIpc) is 3.13. The van der Waals surface area contributed by atoms with Gasteiger partial charge in [0.15, 0.2) is 17.3 Å². The summed E-state index contributed by atoms with van der Waals surface area (Å²) in [7, 11) is 0. The van der Waals surface area contributed by atoms with Gasteiger partial charge in [0, 0.05) is 12.1 Å². The lowest BCUT2D eigenvalue weighted by molar-refractivity contribution is 0.100. The molecule has 0 spiro atoms. The number of hydrogen-bond acceptors (Lipinski definition) is 6. The van der Waals surface area contributed by atoms with Gasteiger partial charge in [0.25, 0.3) is 0 Å². The molecule has 2 aromatic rings. The van der Waals surface area contributed by atoms with Gasteiger partial charge in [0.1, 0.15) is 0 Å². The van der Waals surface area contributed by atoms with Gasteiger partial charge in [-0.25, -0.2) is 0 Å². The number of aromatic hydroxyl groups is 2. The molecule has 0 bridgehead atoms. The second-order valence-corrected chi connectivity index (χ2v) is 5.53. The zero-order valence-corrected chi connectivity index (χ0v) is 14.4. The number of rotatable bonds is 3. The Labute approximate surface area is 149 Å². The van der Waals surface area contributed by atoms with Crippen LogP contribution in [0.4, 0.5) is 11.4 Å². The van der Waals surface area contributed by atoms with E-state index in [0.717, 1.165) is 23.9 Å². The van der Waals surface area contributed by atoms with Crippen LogP contribution in [-0.2, 0) is 0 Å². The number of Topliss-reactive ketones (excluding diaryl/α,β-unsaturated/α-hetero) is 1. The summed E-state index contributed by atoms with van der Waals surface area (Å²) in [4.78, 5) is 21.1. The molecule has 7 heteroatoms. The van der Waals surface area contributed by atoms with Crippen LogP contribution in [0.5, 0.6) is 11.5 Å². The van der Waals surface area contributed by atoms with E-state index in [4.69, 9.17) is 0 Å². The van der Waals surface area contributed by atoms with Crippen molar-refractivity contribution in [2.45, 2.75) is 0 Å². The highest BCUT2D eigenvalue weighted by atomic mass is 79.9. The number of halogens is 1. The van der Waals surface area contributed by atoms with Crippen LogP contribution in [0.3, 0.4) is 0 Å². The SMILES string of the molecule is Br.O=C(CN1C2=NCCN2c2ccccc21)c1ccc(O)c(O)c1. The summed E-state index contributed by atoms with van der Waals surface area (Å²) in [6.45, 7) is 1.67. The van der Waals surface area contributed by atoms with Gasteiger partial charge in [-0.2, -0.15) is 0 Å². The van der Waals surface area contributed by atoms with E-state index in [-0.39, 0.29) is 40.8 Å². The summed E-state index contributed by atoms with van der Waals surface area (Å²) >= 11 is 0. The largest absolute Gasteiger partial charge is 0.504 e. The molecule has 2 aliphatic rings. The lowest BCUT2D eigenvalue weighted by Crippen LogP contribution is -2.38. The monoisotopic (exact) mass is 389 g/mol. The Hall–Kier alpha value is -2.54. The van der Waals surface area contributed by atoms with Crippen molar-refractivity contribution in [2.24, 2.45) is 4.99 Å². The minimum atomic E-state index is -0.294. The molecule has 0 aliphatic carbocycles. The molecule has 0 amide bonds. The summed E-state index contributed by atoms with van der Waals surface area (Å²) in [6.07, 6.45) is 0. The number of phenolic OH excluding ortho intramolecular Hbond substituents is 2. The number of benzene rings is 2. The zero-order chi connectivity index (χ0) is 16.0. The average molecular weight is 390 g/mol. The number of guanidine groups is 1. The van der Waals surface area contributed by atoms with Crippen LogP contribution in [0, 0.1) is 0 Å². The maximum absolute atomic E-state index is 12.6. The fraction of sp³-hybridized carbons (Fsp3) is 0.176. The van der Waals surface area contributed by atoms with E-state index < -0.39 is 0 Å². The standard InChI is InChI=1S/C17H15N3O3.BrH/c21-14-6-5-11(9-15(14)22)16(23)10-20-13-4-2-1-3-12(13)19-8-7-18-17(19)20;/h1-6,9,21-22H,7-8,10H2;1H. The fourth-order valence-electron chi connectivity index (χ4n) is 3.01. The number of carbonyl (C=O) groups excluding carboxylic acids is 1. The molecule has 2 aliphatic heterocycles. The summed E-state index contributed by atoms with van der Waals surface area (Å²) in [5, 5.41) is 18.9. The molecule has 0 unspecified atom stereocenters. The van der Waals surface area contributed by atoms with Gasteiger partial charge in [0.05, 0.1) is 24.5 Å². The summed E-state index contributed by atoms with van der Waals surface area (Å²) in [6, 6.07) is 12.0. The number of carbonyl (C=O) groups is 1. The molecule has 4 rings (SSSR count). The van der Waals surface area contributed by atoms with Crippen molar-refractivity contribution in [3.8, 4) is 11.5 Å². The minimum Gasteiger partial charge on any atom is -0.504 e. The Morgan fingerprint density at radius 1 is 1.08 bits per heavy atom. The first-order valence-electron chi connectivity index (χ1n) is 7.39. The quantitative estimate of drug-likeness (QED) is 0.623. The van der Waals surface area contributed by atoms with E-state index in [2.05, 4.69) is 9.89 Å². The molecule has 0 atom stereocenters. The summed E-state index contributed by atoms with van der Waals surface area (Å²) in [5.41, 5.74) is 2.38. The van der Waals surface area contributed by atoms with Crippen LogP contribution >= 0.6 is 17.0 Å². The normalized spacial score (nSPS) is 14.8. The number of ketones is 1. The third kappa shape index (κ3) is 2.50. The number of anilines is 2. The van der Waals surface area contributed by atoms with Gasteiger partial charge in [-0.1, -0.05) is 12.1 Å². The molecule has 0 fully saturated rings. The maximum atomic E-state index is 12.6. The van der Waals surface area contributed by atoms with Gasteiger partial charge in [-0.05, 0) is 30.3 Å². The van der Waals surface area contributed by atoms with E-state index in [1.165, 1.54) is 18.2 Å². The van der Waals surface area contributed by atoms with E-state index in [9.17, 15) is 15.0 Å². The van der Waals surface area contributed by atoms with E-state index in [1.807, 2.05) is 29.2 Å². The lowest BCUT2D eigenvalue weighted by atomic mass is 10.1. The van der Waals surface area contributed by atoms with Gasteiger partial charge < -0.3 is 20.0 Å². The molecule has 124 valence electrons. The summed E-state index contributed by atoms with van der Waals surface area (Å²) < 4.78 is 0. The van der Waals surface area contributed by atoms with Crippen molar-refractivity contribution in [1.29, 1.82) is 0 Å². The Bertz CT molecular complexity index is 838. The molecule has 0 saturated carbocycles. The molecule has 2 aromatic carbocycles. The molecular weight excluding hydrogens is 374 g/mol. The predicted octanol–water partition coefficient (Wildman–Crippen LogP) is 2.55. The molecule has 6 nitrogen and oxygen atoms in total. The Kier molecular flexibility index (Phi) is 4.19. The number of hydrogen-bond donors (Lipinski definition) is 2. The van der Waals surface area contributed by atoms with E-state index in [0.29, 0.717) is 12.1 Å². The van der Waals surface area contributed by atoms with Crippen LogP contribution in [0.15, 0.2) is 47.5 Å². The number of nitrogens with zero attached hydrogens (tertiary/aromatic N) is 3. The maximum Gasteiger partial charge on any atom is 0.206 e. The van der Waals surface area contributed by atoms with Crippen molar-refractivity contribution >= 4 is 40.1 Å². The Morgan fingerprint density at radius 3 is 2.58 bits per heavy atom. The fourth-order valence-corrected chi connectivity index (χ4v) is 3.01. The first-order chi connectivity index (χ1) is 11.1. The molecule has 0 saturated heterocycles. The number of para-hydroxylation sites is 2. The van der Waals surface area contributed by atoms with Crippen LogP contribution in [0.2, 0.25) is 0 Å². The number of phenols is 2. The van der Waals surface area contributed by atoms with Gasteiger partial charge in [0.2, 0.25) is 5.96 Å². The summed E-state index contributed by atoms with van der Waals surface area (Å²) in [5.74, 6) is 0.117. The third-order valence-electron chi connectivity index (χ3n) is 4.12. The highest BCUT2D eigenvalue weighted by Gasteiger charge is 2.35. The minimum absolute atomic E-state index is 0. The van der Waals surface area contributed by atoms with Crippen LogP contribution < -0.4 is 9.80 Å². The zero-order valence-electron chi connectivity index (χ0n) is 12.7. The molecule has 0 aromatic heterocycles.